The molecule has 1 heterocycles. The zero-order chi connectivity index (χ0) is 18.5. The molecule has 0 aromatic heterocycles. The van der Waals surface area contributed by atoms with E-state index in [0.717, 1.165) is 32.6 Å². The Kier molecular flexibility index (Phi) is 11.1. The highest BCUT2D eigenvalue weighted by atomic mass is 16.2. The van der Waals surface area contributed by atoms with Gasteiger partial charge in [-0.05, 0) is 32.3 Å². The minimum absolute atomic E-state index is 0.192. The molecule has 0 N–H and O–H groups in total. The summed E-state index contributed by atoms with van der Waals surface area (Å²) in [6.07, 6.45) is 16.6. The highest BCUT2D eigenvalue weighted by Crippen LogP contribution is 2.30. The fourth-order valence-electron chi connectivity index (χ4n) is 3.92. The van der Waals surface area contributed by atoms with Crippen molar-refractivity contribution in [3.8, 4) is 0 Å². The lowest BCUT2D eigenvalue weighted by Gasteiger charge is -2.46. The van der Waals surface area contributed by atoms with Crippen LogP contribution in [-0.4, -0.2) is 47.4 Å². The molecule has 0 aromatic carbocycles. The van der Waals surface area contributed by atoms with E-state index in [9.17, 15) is 4.79 Å². The third kappa shape index (κ3) is 7.94. The first-order valence-electron chi connectivity index (χ1n) is 10.8. The predicted octanol–water partition coefficient (Wildman–Crippen LogP) is 5.41. The number of rotatable bonds is 12. The lowest BCUT2D eigenvalue weighted by molar-refractivity contribution is -0.128. The van der Waals surface area contributed by atoms with Gasteiger partial charge >= 0.3 is 0 Å². The van der Waals surface area contributed by atoms with Gasteiger partial charge in [0.05, 0.1) is 0 Å². The van der Waals surface area contributed by atoms with Crippen molar-refractivity contribution in [3.63, 3.8) is 0 Å². The molecule has 25 heavy (non-hydrogen) atoms. The lowest BCUT2D eigenvalue weighted by Crippen LogP contribution is -2.56. The first kappa shape index (κ1) is 22.2. The van der Waals surface area contributed by atoms with Gasteiger partial charge in [0.15, 0.2) is 0 Å². The van der Waals surface area contributed by atoms with Gasteiger partial charge in [0.1, 0.15) is 0 Å². The molecule has 0 radical (unpaired) electrons. The molecule has 1 aliphatic heterocycles. The second-order valence-electron chi connectivity index (χ2n) is 7.89. The van der Waals surface area contributed by atoms with Gasteiger partial charge in [-0.1, -0.05) is 71.8 Å². The lowest BCUT2D eigenvalue weighted by atomic mass is 9.86. The molecular formula is C22H42N2O. The molecule has 0 bridgehead atoms. The van der Waals surface area contributed by atoms with E-state index < -0.39 is 0 Å². The number of unbranched alkanes of at least 4 members (excludes halogenated alkanes) is 5. The highest BCUT2D eigenvalue weighted by molar-refractivity contribution is 5.87. The summed E-state index contributed by atoms with van der Waals surface area (Å²) in [7, 11) is 0. The van der Waals surface area contributed by atoms with Gasteiger partial charge in [0, 0.05) is 31.7 Å². The van der Waals surface area contributed by atoms with Crippen molar-refractivity contribution < 1.29 is 4.79 Å². The molecule has 0 saturated carbocycles. The minimum Gasteiger partial charge on any atom is -0.337 e. The average molecular weight is 351 g/mol. The van der Waals surface area contributed by atoms with E-state index in [1.807, 2.05) is 11.0 Å². The molecule has 1 amide bonds. The predicted molar refractivity (Wildman–Crippen MR) is 109 cm³/mol. The summed E-state index contributed by atoms with van der Waals surface area (Å²) >= 11 is 0. The SMILES string of the molecule is CC/C=C/C(=O)N1CCN(C(C)(CCCCC)CCCCCC)CC1. The van der Waals surface area contributed by atoms with Crippen LogP contribution in [0.15, 0.2) is 12.2 Å². The van der Waals surface area contributed by atoms with Gasteiger partial charge in [-0.3, -0.25) is 9.69 Å². The molecular weight excluding hydrogens is 308 g/mol. The van der Waals surface area contributed by atoms with E-state index in [4.69, 9.17) is 0 Å². The van der Waals surface area contributed by atoms with Crippen LogP contribution in [0, 0.1) is 0 Å². The summed E-state index contributed by atoms with van der Waals surface area (Å²) in [5.41, 5.74) is 0.317. The molecule has 0 spiro atoms. The quantitative estimate of drug-likeness (QED) is 0.347. The Morgan fingerprint density at radius 2 is 1.44 bits per heavy atom. The molecule has 146 valence electrons. The van der Waals surface area contributed by atoms with Crippen molar-refractivity contribution in [2.45, 2.75) is 97.4 Å². The Morgan fingerprint density at radius 1 is 0.880 bits per heavy atom. The monoisotopic (exact) mass is 350 g/mol. The van der Waals surface area contributed by atoms with E-state index in [2.05, 4.69) is 32.6 Å². The van der Waals surface area contributed by atoms with Crippen LogP contribution < -0.4 is 0 Å². The summed E-state index contributed by atoms with van der Waals surface area (Å²) in [6, 6.07) is 0. The first-order valence-corrected chi connectivity index (χ1v) is 10.8. The highest BCUT2D eigenvalue weighted by Gasteiger charge is 2.33. The molecule has 3 nitrogen and oxygen atoms in total. The summed E-state index contributed by atoms with van der Waals surface area (Å²) in [4.78, 5) is 16.9. The molecule has 0 aromatic rings. The van der Waals surface area contributed by atoms with Crippen molar-refractivity contribution in [2.24, 2.45) is 0 Å². The molecule has 1 unspecified atom stereocenters. The number of amides is 1. The average Bonchev–Trinajstić information content (AvgIpc) is 2.63. The number of allylic oxidation sites excluding steroid dienone is 1. The van der Waals surface area contributed by atoms with E-state index >= 15 is 0 Å². The van der Waals surface area contributed by atoms with Gasteiger partial charge < -0.3 is 4.90 Å². The molecule has 1 atom stereocenters. The number of nitrogens with zero attached hydrogens (tertiary/aromatic N) is 2. The number of hydrogen-bond acceptors (Lipinski definition) is 2. The smallest absolute Gasteiger partial charge is 0.246 e. The van der Waals surface area contributed by atoms with Gasteiger partial charge in [-0.25, -0.2) is 0 Å². The van der Waals surface area contributed by atoms with Crippen LogP contribution in [-0.2, 0) is 4.79 Å². The Morgan fingerprint density at radius 3 is 2.00 bits per heavy atom. The first-order chi connectivity index (χ1) is 12.1. The van der Waals surface area contributed by atoms with Crippen LogP contribution in [0.4, 0.5) is 0 Å². The summed E-state index contributed by atoms with van der Waals surface area (Å²) < 4.78 is 0. The fraction of sp³-hybridized carbons (Fsp3) is 0.864. The number of piperazine rings is 1. The van der Waals surface area contributed by atoms with Crippen LogP contribution >= 0.6 is 0 Å². The maximum atomic E-state index is 12.2. The maximum absolute atomic E-state index is 12.2. The summed E-state index contributed by atoms with van der Waals surface area (Å²) in [5.74, 6) is 0.192. The topological polar surface area (TPSA) is 23.6 Å². The van der Waals surface area contributed by atoms with E-state index in [1.54, 1.807) is 6.08 Å². The van der Waals surface area contributed by atoms with E-state index in [-0.39, 0.29) is 5.91 Å². The third-order valence-electron chi connectivity index (χ3n) is 5.74. The second-order valence-corrected chi connectivity index (χ2v) is 7.89. The molecule has 1 rings (SSSR count). The normalized spacial score (nSPS) is 18.6. The Labute approximate surface area is 156 Å². The molecule has 1 saturated heterocycles. The molecule has 3 heteroatoms. The number of hydrogen-bond donors (Lipinski definition) is 0. The number of carbonyl (C=O) groups excluding carboxylic acids is 1. The van der Waals surface area contributed by atoms with Crippen LogP contribution in [0.5, 0.6) is 0 Å². The van der Waals surface area contributed by atoms with Crippen molar-refractivity contribution in [3.05, 3.63) is 12.2 Å². The third-order valence-corrected chi connectivity index (χ3v) is 5.74. The minimum atomic E-state index is 0.192. The van der Waals surface area contributed by atoms with Crippen molar-refractivity contribution >= 4 is 5.91 Å². The molecule has 1 aliphatic rings. The maximum Gasteiger partial charge on any atom is 0.246 e. The van der Waals surface area contributed by atoms with Crippen LogP contribution in [0.2, 0.25) is 0 Å². The summed E-state index contributed by atoms with van der Waals surface area (Å²) in [5, 5.41) is 0. The fourth-order valence-corrected chi connectivity index (χ4v) is 3.92. The zero-order valence-corrected chi connectivity index (χ0v) is 17.4. The van der Waals surface area contributed by atoms with Gasteiger partial charge in [0.25, 0.3) is 0 Å². The standard InChI is InChI=1S/C22H42N2O/c1-5-8-11-13-16-22(4,15-12-9-6-2)24-19-17-23(18-20-24)21(25)14-10-7-3/h10,14H,5-9,11-13,15-20H2,1-4H3/b14-10+. The van der Waals surface area contributed by atoms with Gasteiger partial charge in [0.2, 0.25) is 5.91 Å². The number of carbonyl (C=O) groups is 1. The second kappa shape index (κ2) is 12.5. The van der Waals surface area contributed by atoms with E-state index in [0.29, 0.717) is 5.54 Å². The van der Waals surface area contributed by atoms with Crippen molar-refractivity contribution in [1.29, 1.82) is 0 Å². The summed E-state index contributed by atoms with van der Waals surface area (Å²) in [6.45, 7) is 12.9. The Hall–Kier alpha value is -0.830. The van der Waals surface area contributed by atoms with Gasteiger partial charge in [-0.15, -0.1) is 0 Å². The Bertz CT molecular complexity index is 385. The molecule has 1 fully saturated rings. The zero-order valence-electron chi connectivity index (χ0n) is 17.4. The van der Waals surface area contributed by atoms with E-state index in [1.165, 1.54) is 57.8 Å². The van der Waals surface area contributed by atoms with Crippen molar-refractivity contribution in [2.75, 3.05) is 26.2 Å². The van der Waals surface area contributed by atoms with Crippen LogP contribution in [0.3, 0.4) is 0 Å². The Balaban J connectivity index is 2.57. The van der Waals surface area contributed by atoms with Gasteiger partial charge in [-0.2, -0.15) is 0 Å². The van der Waals surface area contributed by atoms with Crippen LogP contribution in [0.25, 0.3) is 0 Å². The largest absolute Gasteiger partial charge is 0.337 e. The molecule has 0 aliphatic carbocycles. The van der Waals surface area contributed by atoms with Crippen molar-refractivity contribution in [1.82, 2.24) is 9.80 Å². The van der Waals surface area contributed by atoms with Crippen LogP contribution in [0.1, 0.15) is 91.9 Å².